The van der Waals surface area contributed by atoms with Gasteiger partial charge in [0.1, 0.15) is 0 Å². The molecule has 5 heteroatoms. The molecule has 0 saturated heterocycles. The molecule has 2 nitrogen and oxygen atoms in total. The number of carbonyl (C=O) groups excluding carboxylic acids is 1. The smallest absolute Gasteiger partial charge is 0.233 e. The SMILES string of the molecule is O=C(CBr)N(Cc1cccs1)Cc1cccs1. The molecular weight excluding hydrogens is 318 g/mol. The lowest BCUT2D eigenvalue weighted by Crippen LogP contribution is -2.30. The maximum absolute atomic E-state index is 11.9. The molecule has 0 aliphatic carbocycles. The molecular formula is C12H12BrNOS2. The van der Waals surface area contributed by atoms with Gasteiger partial charge in [0.25, 0.3) is 0 Å². The number of thiophene rings is 2. The largest absolute Gasteiger partial charge is 0.332 e. The van der Waals surface area contributed by atoms with E-state index in [-0.39, 0.29) is 5.91 Å². The van der Waals surface area contributed by atoms with Crippen molar-refractivity contribution in [1.82, 2.24) is 4.90 Å². The Morgan fingerprint density at radius 2 is 1.65 bits per heavy atom. The van der Waals surface area contributed by atoms with E-state index in [1.54, 1.807) is 22.7 Å². The van der Waals surface area contributed by atoms with Crippen molar-refractivity contribution in [2.45, 2.75) is 13.1 Å². The fraction of sp³-hybridized carbons (Fsp3) is 0.250. The van der Waals surface area contributed by atoms with E-state index in [0.29, 0.717) is 18.4 Å². The van der Waals surface area contributed by atoms with Gasteiger partial charge < -0.3 is 4.90 Å². The summed E-state index contributed by atoms with van der Waals surface area (Å²) in [5, 5.41) is 4.46. The lowest BCUT2D eigenvalue weighted by Gasteiger charge is -2.20. The van der Waals surface area contributed by atoms with Crippen LogP contribution in [0, 0.1) is 0 Å². The molecule has 0 bridgehead atoms. The van der Waals surface area contributed by atoms with Crippen LogP contribution in [0.25, 0.3) is 0 Å². The minimum Gasteiger partial charge on any atom is -0.332 e. The lowest BCUT2D eigenvalue weighted by molar-refractivity contribution is -0.129. The highest BCUT2D eigenvalue weighted by Gasteiger charge is 2.14. The zero-order valence-electron chi connectivity index (χ0n) is 9.14. The summed E-state index contributed by atoms with van der Waals surface area (Å²) in [5.74, 6) is 0.131. The molecule has 0 aromatic carbocycles. The van der Waals surface area contributed by atoms with Crippen LogP contribution in [-0.4, -0.2) is 16.1 Å². The Labute approximate surface area is 117 Å². The maximum atomic E-state index is 11.9. The van der Waals surface area contributed by atoms with E-state index in [2.05, 4.69) is 28.1 Å². The van der Waals surface area contributed by atoms with Crippen molar-refractivity contribution in [2.24, 2.45) is 0 Å². The van der Waals surface area contributed by atoms with Gasteiger partial charge in [-0.1, -0.05) is 28.1 Å². The molecule has 0 saturated carbocycles. The van der Waals surface area contributed by atoms with Crippen LogP contribution in [0.5, 0.6) is 0 Å². The maximum Gasteiger partial charge on any atom is 0.233 e. The number of hydrogen-bond donors (Lipinski definition) is 0. The van der Waals surface area contributed by atoms with Crippen LogP contribution in [0.2, 0.25) is 0 Å². The van der Waals surface area contributed by atoms with Crippen molar-refractivity contribution in [3.05, 3.63) is 44.8 Å². The van der Waals surface area contributed by atoms with Crippen LogP contribution >= 0.6 is 38.6 Å². The first kappa shape index (κ1) is 12.8. The zero-order chi connectivity index (χ0) is 12.1. The second kappa shape index (κ2) is 6.33. The van der Waals surface area contributed by atoms with Crippen molar-refractivity contribution in [3.63, 3.8) is 0 Å². The molecule has 90 valence electrons. The van der Waals surface area contributed by atoms with Gasteiger partial charge in [-0.05, 0) is 22.9 Å². The van der Waals surface area contributed by atoms with Gasteiger partial charge in [0.2, 0.25) is 5.91 Å². The average Bonchev–Trinajstić information content (AvgIpc) is 3.00. The van der Waals surface area contributed by atoms with Crippen LogP contribution in [-0.2, 0) is 17.9 Å². The molecule has 0 aliphatic heterocycles. The van der Waals surface area contributed by atoms with Gasteiger partial charge in [0.15, 0.2) is 0 Å². The number of amides is 1. The van der Waals surface area contributed by atoms with Gasteiger partial charge in [-0.15, -0.1) is 22.7 Å². The minimum atomic E-state index is 0.131. The standard InChI is InChI=1S/C12H12BrNOS2/c13-7-12(15)14(8-10-3-1-5-16-10)9-11-4-2-6-17-11/h1-6H,7-9H2. The normalized spacial score (nSPS) is 10.4. The van der Waals surface area contributed by atoms with Crippen LogP contribution in [0.1, 0.15) is 9.75 Å². The highest BCUT2D eigenvalue weighted by molar-refractivity contribution is 9.09. The summed E-state index contributed by atoms with van der Waals surface area (Å²) in [6.45, 7) is 1.39. The van der Waals surface area contributed by atoms with Crippen LogP contribution in [0.15, 0.2) is 35.0 Å². The van der Waals surface area contributed by atoms with Gasteiger partial charge in [0.05, 0.1) is 18.4 Å². The summed E-state index contributed by atoms with van der Waals surface area (Å²) < 4.78 is 0. The molecule has 17 heavy (non-hydrogen) atoms. The predicted molar refractivity (Wildman–Crippen MR) is 76.7 cm³/mol. The van der Waals surface area contributed by atoms with Crippen LogP contribution < -0.4 is 0 Å². The molecule has 0 aliphatic rings. The van der Waals surface area contributed by atoms with Crippen LogP contribution in [0.3, 0.4) is 0 Å². The van der Waals surface area contributed by atoms with Gasteiger partial charge in [-0.25, -0.2) is 0 Å². The number of carbonyl (C=O) groups is 1. The lowest BCUT2D eigenvalue weighted by atomic mass is 10.3. The van der Waals surface area contributed by atoms with E-state index in [4.69, 9.17) is 0 Å². The number of nitrogens with zero attached hydrogens (tertiary/aromatic N) is 1. The summed E-state index contributed by atoms with van der Waals surface area (Å²) >= 11 is 6.61. The summed E-state index contributed by atoms with van der Waals surface area (Å²) in [4.78, 5) is 16.2. The quantitative estimate of drug-likeness (QED) is 0.765. The molecule has 0 fully saturated rings. The number of rotatable bonds is 5. The Morgan fingerprint density at radius 3 is 2.00 bits per heavy atom. The average molecular weight is 330 g/mol. The Hall–Kier alpha value is -0.650. The third-order valence-electron chi connectivity index (χ3n) is 2.32. The van der Waals surface area contributed by atoms with Crippen molar-refractivity contribution >= 4 is 44.5 Å². The topological polar surface area (TPSA) is 20.3 Å². The highest BCUT2D eigenvalue weighted by atomic mass is 79.9. The molecule has 0 unspecified atom stereocenters. The fourth-order valence-electron chi connectivity index (χ4n) is 1.50. The monoisotopic (exact) mass is 329 g/mol. The van der Waals surface area contributed by atoms with Crippen molar-refractivity contribution in [2.75, 3.05) is 5.33 Å². The summed E-state index contributed by atoms with van der Waals surface area (Å²) in [7, 11) is 0. The number of alkyl halides is 1. The van der Waals surface area contributed by atoms with Crippen molar-refractivity contribution < 1.29 is 4.79 Å². The summed E-state index contributed by atoms with van der Waals surface area (Å²) in [6, 6.07) is 8.16. The van der Waals surface area contributed by atoms with Gasteiger partial charge in [0, 0.05) is 9.75 Å². The number of halogens is 1. The first-order valence-electron chi connectivity index (χ1n) is 5.18. The molecule has 0 radical (unpaired) electrons. The van der Waals surface area contributed by atoms with Crippen LogP contribution in [0.4, 0.5) is 0 Å². The van der Waals surface area contributed by atoms with E-state index in [1.807, 2.05) is 27.8 Å². The van der Waals surface area contributed by atoms with Gasteiger partial charge in [-0.3, -0.25) is 4.79 Å². The van der Waals surface area contributed by atoms with Gasteiger partial charge in [-0.2, -0.15) is 0 Å². The summed E-state index contributed by atoms with van der Waals surface area (Å²) in [6.07, 6.45) is 0. The van der Waals surface area contributed by atoms with E-state index < -0.39 is 0 Å². The van der Waals surface area contributed by atoms with Crippen molar-refractivity contribution in [3.8, 4) is 0 Å². The van der Waals surface area contributed by atoms with E-state index in [0.717, 1.165) is 0 Å². The molecule has 0 spiro atoms. The highest BCUT2D eigenvalue weighted by Crippen LogP contribution is 2.17. The van der Waals surface area contributed by atoms with E-state index >= 15 is 0 Å². The Morgan fingerprint density at radius 1 is 1.12 bits per heavy atom. The molecule has 2 aromatic rings. The molecule has 0 N–H and O–H groups in total. The number of hydrogen-bond acceptors (Lipinski definition) is 3. The second-order valence-corrected chi connectivity index (χ2v) is 6.17. The Bertz CT molecular complexity index is 417. The molecule has 2 aromatic heterocycles. The van der Waals surface area contributed by atoms with E-state index in [1.165, 1.54) is 9.75 Å². The zero-order valence-corrected chi connectivity index (χ0v) is 12.4. The Balaban J connectivity index is 2.05. The molecule has 1 amide bonds. The first-order valence-corrected chi connectivity index (χ1v) is 8.06. The predicted octanol–water partition coefficient (Wildman–Crippen LogP) is 3.73. The molecule has 0 atom stereocenters. The summed E-state index contributed by atoms with van der Waals surface area (Å²) in [5.41, 5.74) is 0. The third-order valence-corrected chi connectivity index (χ3v) is 4.52. The minimum absolute atomic E-state index is 0.131. The molecule has 2 rings (SSSR count). The fourth-order valence-corrected chi connectivity index (χ4v) is 3.29. The van der Waals surface area contributed by atoms with Crippen molar-refractivity contribution in [1.29, 1.82) is 0 Å². The third kappa shape index (κ3) is 3.66. The second-order valence-electron chi connectivity index (χ2n) is 3.54. The van der Waals surface area contributed by atoms with Gasteiger partial charge >= 0.3 is 0 Å². The molecule has 2 heterocycles. The van der Waals surface area contributed by atoms with E-state index in [9.17, 15) is 4.79 Å². The Kier molecular flexibility index (Phi) is 4.76. The first-order chi connectivity index (χ1) is 8.29.